The maximum Gasteiger partial charge on any atom is 0.245 e. The molecule has 49 heavy (non-hydrogen) atoms. The van der Waals surface area contributed by atoms with Gasteiger partial charge in [-0.15, -0.1) is 0 Å². The Morgan fingerprint density at radius 1 is 1.02 bits per heavy atom. The van der Waals surface area contributed by atoms with Gasteiger partial charge in [-0.25, -0.2) is 9.97 Å². The quantitative estimate of drug-likeness (QED) is 0.212. The van der Waals surface area contributed by atoms with E-state index >= 15 is 0 Å². The molecule has 1 aromatic carbocycles. The monoisotopic (exact) mass is 682 g/mol. The Kier molecular flexibility index (Phi) is 15.4. The Hall–Kier alpha value is -3.61. The van der Waals surface area contributed by atoms with Crippen LogP contribution in [0.25, 0.3) is 0 Å². The van der Waals surface area contributed by atoms with Crippen LogP contribution >= 0.6 is 0 Å². The van der Waals surface area contributed by atoms with E-state index in [4.69, 9.17) is 9.47 Å². The summed E-state index contributed by atoms with van der Waals surface area (Å²) >= 11 is 0. The lowest BCUT2D eigenvalue weighted by Gasteiger charge is -2.40. The van der Waals surface area contributed by atoms with Gasteiger partial charge in [0.25, 0.3) is 0 Å². The summed E-state index contributed by atoms with van der Waals surface area (Å²) in [4.78, 5) is 53.5. The normalized spacial score (nSPS) is 19.7. The first-order valence-electron chi connectivity index (χ1n) is 17.5. The predicted molar refractivity (Wildman–Crippen MR) is 189 cm³/mol. The molecule has 1 aliphatic rings. The zero-order valence-electron chi connectivity index (χ0n) is 30.7. The number of nitrogens with zero attached hydrogens (tertiary/aromatic N) is 4. The molecular formula is C37H58N6O6. The molecule has 1 aliphatic heterocycles. The SMILES string of the molecule is CC[C@H](C)[C@@H]([C@@H](CC(=O)N1CCC[C@H]1[C@H](OC)[C@@H](C)C(=O)N[C@H](C)[C@@H](O)c1ccccc1)OC)N(C)C(=O)[C@@H](Nc1ncccn1)C(C)C. The van der Waals surface area contributed by atoms with Crippen LogP contribution in [0.2, 0.25) is 0 Å². The fraction of sp³-hybridized carbons (Fsp3) is 0.649. The molecule has 3 amide bonds. The average molecular weight is 683 g/mol. The molecule has 9 atom stereocenters. The molecule has 1 fully saturated rings. The first-order valence-corrected chi connectivity index (χ1v) is 17.5. The van der Waals surface area contributed by atoms with Gasteiger partial charge in [0.2, 0.25) is 23.7 Å². The van der Waals surface area contributed by atoms with Crippen LogP contribution in [-0.2, 0) is 23.9 Å². The highest BCUT2D eigenvalue weighted by Gasteiger charge is 2.43. The van der Waals surface area contributed by atoms with Crippen LogP contribution in [0.15, 0.2) is 48.8 Å². The summed E-state index contributed by atoms with van der Waals surface area (Å²) < 4.78 is 11.9. The van der Waals surface area contributed by atoms with Gasteiger partial charge in [0.05, 0.1) is 48.8 Å². The molecule has 2 aromatic rings. The maximum absolute atomic E-state index is 14.1. The van der Waals surface area contributed by atoms with Crippen LogP contribution in [0, 0.1) is 17.8 Å². The van der Waals surface area contributed by atoms with Gasteiger partial charge in [-0.3, -0.25) is 14.4 Å². The Morgan fingerprint density at radius 3 is 2.24 bits per heavy atom. The van der Waals surface area contributed by atoms with Gasteiger partial charge in [-0.1, -0.05) is 71.4 Å². The van der Waals surface area contributed by atoms with Crippen molar-refractivity contribution < 1.29 is 29.0 Å². The van der Waals surface area contributed by atoms with Gasteiger partial charge in [-0.05, 0) is 43.2 Å². The summed E-state index contributed by atoms with van der Waals surface area (Å²) in [5, 5.41) is 16.9. The second-order valence-corrected chi connectivity index (χ2v) is 13.7. The van der Waals surface area contributed by atoms with Crippen molar-refractivity contribution in [2.45, 2.75) is 110 Å². The lowest BCUT2D eigenvalue weighted by atomic mass is 9.89. The minimum Gasteiger partial charge on any atom is -0.386 e. The number of rotatable bonds is 18. The fourth-order valence-corrected chi connectivity index (χ4v) is 6.93. The lowest BCUT2D eigenvalue weighted by molar-refractivity contribution is -0.146. The summed E-state index contributed by atoms with van der Waals surface area (Å²) in [6, 6.07) is 9.13. The second-order valence-electron chi connectivity index (χ2n) is 13.7. The molecule has 12 nitrogen and oxygen atoms in total. The molecule has 2 heterocycles. The number of nitrogens with one attached hydrogen (secondary N) is 2. The van der Waals surface area contributed by atoms with E-state index in [1.54, 1.807) is 58.5 Å². The number of hydrogen-bond donors (Lipinski definition) is 3. The summed E-state index contributed by atoms with van der Waals surface area (Å²) in [5.41, 5.74) is 0.718. The number of likely N-dealkylation sites (tertiary alicyclic amines) is 1. The molecule has 0 aliphatic carbocycles. The molecule has 1 saturated heterocycles. The number of ether oxygens (including phenoxy) is 2. The van der Waals surface area contributed by atoms with Crippen molar-refractivity contribution in [3.63, 3.8) is 0 Å². The number of amides is 3. The number of anilines is 1. The molecular weight excluding hydrogens is 624 g/mol. The minimum atomic E-state index is -0.865. The highest BCUT2D eigenvalue weighted by Crippen LogP contribution is 2.30. The smallest absolute Gasteiger partial charge is 0.245 e. The number of likely N-dealkylation sites (N-methyl/N-ethyl adjacent to an activating group) is 1. The Balaban J connectivity index is 1.74. The number of benzene rings is 1. The number of aliphatic hydroxyl groups excluding tert-OH is 1. The van der Waals surface area contributed by atoms with Gasteiger partial charge in [0.15, 0.2) is 0 Å². The number of hydrogen-bond acceptors (Lipinski definition) is 9. The summed E-state index contributed by atoms with van der Waals surface area (Å²) in [7, 11) is 4.92. The molecule has 1 aromatic heterocycles. The summed E-state index contributed by atoms with van der Waals surface area (Å²) in [6.07, 6.45) is 3.58. The van der Waals surface area contributed by atoms with Gasteiger partial charge < -0.3 is 35.0 Å². The molecule has 0 spiro atoms. The van der Waals surface area contributed by atoms with Crippen molar-refractivity contribution in [3.05, 3.63) is 54.4 Å². The average Bonchev–Trinajstić information content (AvgIpc) is 3.60. The van der Waals surface area contributed by atoms with E-state index in [9.17, 15) is 19.5 Å². The Bertz CT molecular complexity index is 1320. The van der Waals surface area contributed by atoms with Crippen molar-refractivity contribution in [1.82, 2.24) is 25.1 Å². The predicted octanol–water partition coefficient (Wildman–Crippen LogP) is 4.07. The van der Waals surface area contributed by atoms with Crippen LogP contribution in [0.3, 0.4) is 0 Å². The van der Waals surface area contributed by atoms with E-state index in [-0.39, 0.29) is 48.1 Å². The minimum absolute atomic E-state index is 0.0329. The number of carbonyl (C=O) groups is 3. The third-order valence-electron chi connectivity index (χ3n) is 10.0. The van der Waals surface area contributed by atoms with E-state index in [0.29, 0.717) is 18.9 Å². The number of aliphatic hydroxyl groups is 1. The highest BCUT2D eigenvalue weighted by atomic mass is 16.5. The highest BCUT2D eigenvalue weighted by molar-refractivity contribution is 5.85. The first kappa shape index (κ1) is 39.8. The number of methoxy groups -OCH3 is 2. The maximum atomic E-state index is 14.1. The Labute approximate surface area is 292 Å². The standard InChI is InChI=1S/C37H58N6O6/c1-10-24(4)32(42(7)36(47)31(23(2)3)41-37-38-19-15-20-39-37)29(48-8)22-30(44)43-21-14-18-28(43)34(49-9)25(5)35(46)40-26(6)33(45)27-16-12-11-13-17-27/h11-13,15-17,19-20,23-26,28-29,31-34,45H,10,14,18,21-22H2,1-9H3,(H,40,46)(H,38,39,41)/t24-,25+,26+,28-,29+,31-,32-,33+,34+/m0/s1. The summed E-state index contributed by atoms with van der Waals surface area (Å²) in [5.74, 6) is -0.731. The summed E-state index contributed by atoms with van der Waals surface area (Å²) in [6.45, 7) is 12.2. The van der Waals surface area contributed by atoms with Crippen LogP contribution in [0.4, 0.5) is 5.95 Å². The molecule has 272 valence electrons. The molecule has 0 unspecified atom stereocenters. The van der Waals surface area contributed by atoms with Crippen LogP contribution in [0.1, 0.15) is 78.9 Å². The third kappa shape index (κ3) is 10.2. The zero-order chi connectivity index (χ0) is 36.2. The Morgan fingerprint density at radius 2 is 1.67 bits per heavy atom. The van der Waals surface area contributed by atoms with Crippen molar-refractivity contribution in [2.75, 3.05) is 33.1 Å². The lowest BCUT2D eigenvalue weighted by Crippen LogP contribution is -2.56. The number of carbonyl (C=O) groups excluding carboxylic acids is 3. The van der Waals surface area contributed by atoms with Crippen LogP contribution in [-0.4, -0.2) is 107 Å². The van der Waals surface area contributed by atoms with Crippen LogP contribution < -0.4 is 10.6 Å². The molecule has 3 N–H and O–H groups in total. The zero-order valence-corrected chi connectivity index (χ0v) is 30.7. The molecule has 12 heteroatoms. The first-order chi connectivity index (χ1) is 23.4. The van der Waals surface area contributed by atoms with Crippen molar-refractivity contribution in [3.8, 4) is 0 Å². The van der Waals surface area contributed by atoms with Gasteiger partial charge in [0.1, 0.15) is 6.04 Å². The van der Waals surface area contributed by atoms with Gasteiger partial charge in [-0.2, -0.15) is 0 Å². The van der Waals surface area contributed by atoms with Gasteiger partial charge in [0, 0.05) is 40.2 Å². The van der Waals surface area contributed by atoms with Gasteiger partial charge >= 0.3 is 0 Å². The molecule has 0 saturated carbocycles. The van der Waals surface area contributed by atoms with E-state index in [0.717, 1.165) is 18.4 Å². The van der Waals surface area contributed by atoms with Crippen molar-refractivity contribution >= 4 is 23.7 Å². The van der Waals surface area contributed by atoms with E-state index in [1.807, 2.05) is 49.1 Å². The largest absolute Gasteiger partial charge is 0.386 e. The topological polar surface area (TPSA) is 146 Å². The molecule has 0 radical (unpaired) electrons. The third-order valence-corrected chi connectivity index (χ3v) is 10.0. The van der Waals surface area contributed by atoms with Crippen molar-refractivity contribution in [2.24, 2.45) is 17.8 Å². The fourth-order valence-electron chi connectivity index (χ4n) is 6.93. The molecule has 0 bridgehead atoms. The van der Waals surface area contributed by atoms with Crippen LogP contribution in [0.5, 0.6) is 0 Å². The number of aromatic nitrogens is 2. The van der Waals surface area contributed by atoms with E-state index in [1.165, 1.54) is 0 Å². The second kappa shape index (κ2) is 19.0. The van der Waals surface area contributed by atoms with Crippen molar-refractivity contribution in [1.29, 1.82) is 0 Å². The van der Waals surface area contributed by atoms with E-state index in [2.05, 4.69) is 34.4 Å². The molecule has 3 rings (SSSR count). The van der Waals surface area contributed by atoms with E-state index < -0.39 is 36.3 Å².